The Kier molecular flexibility index (Phi) is 4.49. The van der Waals surface area contributed by atoms with Gasteiger partial charge in [0, 0.05) is 12.5 Å². The number of nitrogens with zero attached hydrogens (tertiary/aromatic N) is 2. The van der Waals surface area contributed by atoms with Crippen LogP contribution in [0.2, 0.25) is 0 Å². The molecule has 0 N–H and O–H groups in total. The van der Waals surface area contributed by atoms with Crippen molar-refractivity contribution >= 4 is 0 Å². The third-order valence-electron chi connectivity index (χ3n) is 3.34. The zero-order chi connectivity index (χ0) is 15.2. The average Bonchev–Trinajstić information content (AvgIpc) is 3.00. The van der Waals surface area contributed by atoms with Crippen molar-refractivity contribution < 1.29 is 9.26 Å². The molecule has 0 fully saturated rings. The first-order valence-corrected chi connectivity index (χ1v) is 7.39. The number of ether oxygens (including phenoxy) is 1. The molecule has 3 rings (SSSR count). The van der Waals surface area contributed by atoms with Crippen LogP contribution in [0.4, 0.5) is 0 Å². The van der Waals surface area contributed by atoms with Crippen molar-refractivity contribution in [2.45, 2.75) is 19.8 Å². The van der Waals surface area contributed by atoms with Crippen LogP contribution in [0.5, 0.6) is 5.75 Å². The van der Waals surface area contributed by atoms with E-state index in [1.54, 1.807) is 6.92 Å². The molecule has 0 bridgehead atoms. The lowest BCUT2D eigenvalue weighted by atomic mass is 10.1. The van der Waals surface area contributed by atoms with E-state index in [1.807, 2.05) is 30.3 Å². The van der Waals surface area contributed by atoms with Gasteiger partial charge < -0.3 is 9.26 Å². The van der Waals surface area contributed by atoms with Gasteiger partial charge in [-0.1, -0.05) is 47.6 Å². The molecule has 112 valence electrons. The highest BCUT2D eigenvalue weighted by Gasteiger charge is 2.06. The van der Waals surface area contributed by atoms with Crippen LogP contribution >= 0.6 is 0 Å². The van der Waals surface area contributed by atoms with Crippen molar-refractivity contribution in [2.75, 3.05) is 6.61 Å². The molecule has 2 aromatic carbocycles. The van der Waals surface area contributed by atoms with Gasteiger partial charge in [-0.3, -0.25) is 0 Å². The summed E-state index contributed by atoms with van der Waals surface area (Å²) in [6.45, 7) is 2.46. The molecular weight excluding hydrogens is 276 g/mol. The van der Waals surface area contributed by atoms with Gasteiger partial charge in [-0.15, -0.1) is 0 Å². The Morgan fingerprint density at radius 1 is 1.05 bits per heavy atom. The Morgan fingerprint density at radius 2 is 1.91 bits per heavy atom. The fourth-order valence-corrected chi connectivity index (χ4v) is 2.25. The Bertz CT molecular complexity index is 723. The Labute approximate surface area is 129 Å². The van der Waals surface area contributed by atoms with Crippen LogP contribution in [0.1, 0.15) is 17.9 Å². The summed E-state index contributed by atoms with van der Waals surface area (Å²) in [5.41, 5.74) is 2.24. The molecule has 0 atom stereocenters. The first kappa shape index (κ1) is 14.3. The standard InChI is InChI=1S/C18H18N2O2/c1-14-19-18(20-22-14)16-10-5-11-17(13-16)21-12-6-9-15-7-3-2-4-8-15/h2-5,7-8,10-11,13H,6,9,12H2,1H3. The molecule has 0 radical (unpaired) electrons. The fraction of sp³-hybridized carbons (Fsp3) is 0.222. The molecule has 1 aromatic heterocycles. The number of benzene rings is 2. The van der Waals surface area contributed by atoms with E-state index in [2.05, 4.69) is 34.4 Å². The summed E-state index contributed by atoms with van der Waals surface area (Å²) >= 11 is 0. The van der Waals surface area contributed by atoms with E-state index >= 15 is 0 Å². The summed E-state index contributed by atoms with van der Waals surface area (Å²) in [5.74, 6) is 1.98. The molecule has 0 aliphatic carbocycles. The second kappa shape index (κ2) is 6.89. The molecule has 3 aromatic rings. The number of hydrogen-bond donors (Lipinski definition) is 0. The van der Waals surface area contributed by atoms with Gasteiger partial charge in [0.15, 0.2) is 0 Å². The highest BCUT2D eigenvalue weighted by atomic mass is 16.5. The van der Waals surface area contributed by atoms with Crippen LogP contribution in [0.15, 0.2) is 59.1 Å². The monoisotopic (exact) mass is 294 g/mol. The second-order valence-corrected chi connectivity index (χ2v) is 5.10. The van der Waals surface area contributed by atoms with E-state index in [4.69, 9.17) is 9.26 Å². The lowest BCUT2D eigenvalue weighted by molar-refractivity contribution is 0.311. The van der Waals surface area contributed by atoms with Crippen molar-refractivity contribution in [3.05, 3.63) is 66.1 Å². The summed E-state index contributed by atoms with van der Waals surface area (Å²) in [4.78, 5) is 4.22. The predicted octanol–water partition coefficient (Wildman–Crippen LogP) is 4.06. The lowest BCUT2D eigenvalue weighted by Gasteiger charge is -2.07. The van der Waals surface area contributed by atoms with E-state index in [-0.39, 0.29) is 0 Å². The number of aromatic nitrogens is 2. The zero-order valence-electron chi connectivity index (χ0n) is 12.5. The van der Waals surface area contributed by atoms with Gasteiger partial charge in [0.05, 0.1) is 6.61 Å². The van der Waals surface area contributed by atoms with Crippen molar-refractivity contribution in [1.82, 2.24) is 10.1 Å². The summed E-state index contributed by atoms with van der Waals surface area (Å²) in [7, 11) is 0. The average molecular weight is 294 g/mol. The van der Waals surface area contributed by atoms with Crippen molar-refractivity contribution in [3.8, 4) is 17.1 Å². The first-order valence-electron chi connectivity index (χ1n) is 7.39. The quantitative estimate of drug-likeness (QED) is 0.643. The van der Waals surface area contributed by atoms with Crippen LogP contribution in [-0.2, 0) is 6.42 Å². The minimum Gasteiger partial charge on any atom is -0.494 e. The maximum absolute atomic E-state index is 5.81. The molecule has 22 heavy (non-hydrogen) atoms. The van der Waals surface area contributed by atoms with Crippen LogP contribution in [0.3, 0.4) is 0 Å². The topological polar surface area (TPSA) is 48.2 Å². The number of rotatable bonds is 6. The highest BCUT2D eigenvalue weighted by Crippen LogP contribution is 2.21. The summed E-state index contributed by atoms with van der Waals surface area (Å²) in [5, 5.41) is 3.92. The molecule has 0 saturated carbocycles. The summed E-state index contributed by atoms with van der Waals surface area (Å²) < 4.78 is 10.8. The number of hydrogen-bond acceptors (Lipinski definition) is 4. The molecule has 0 saturated heterocycles. The Balaban J connectivity index is 1.55. The zero-order valence-corrected chi connectivity index (χ0v) is 12.5. The van der Waals surface area contributed by atoms with Gasteiger partial charge in [0.2, 0.25) is 11.7 Å². The third-order valence-corrected chi connectivity index (χ3v) is 3.34. The third kappa shape index (κ3) is 3.73. The molecule has 0 amide bonds. The normalized spacial score (nSPS) is 10.6. The summed E-state index contributed by atoms with van der Waals surface area (Å²) in [6.07, 6.45) is 2.00. The molecule has 0 unspecified atom stereocenters. The van der Waals surface area contributed by atoms with Crippen LogP contribution in [0.25, 0.3) is 11.4 Å². The molecule has 0 aliphatic rings. The molecule has 0 spiro atoms. The SMILES string of the molecule is Cc1nc(-c2cccc(OCCCc3ccccc3)c2)no1. The summed E-state index contributed by atoms with van der Waals surface area (Å²) in [6, 6.07) is 18.2. The van der Waals surface area contributed by atoms with Gasteiger partial charge in [-0.05, 0) is 30.5 Å². The lowest BCUT2D eigenvalue weighted by Crippen LogP contribution is -1.99. The minimum atomic E-state index is 0.559. The van der Waals surface area contributed by atoms with Gasteiger partial charge >= 0.3 is 0 Å². The van der Waals surface area contributed by atoms with Crippen LogP contribution < -0.4 is 4.74 Å². The molecule has 0 aliphatic heterocycles. The fourth-order valence-electron chi connectivity index (χ4n) is 2.25. The van der Waals surface area contributed by atoms with Crippen molar-refractivity contribution in [1.29, 1.82) is 0 Å². The van der Waals surface area contributed by atoms with E-state index in [1.165, 1.54) is 5.56 Å². The van der Waals surface area contributed by atoms with Gasteiger partial charge in [0.1, 0.15) is 5.75 Å². The van der Waals surface area contributed by atoms with Gasteiger partial charge in [-0.25, -0.2) is 0 Å². The number of aryl methyl sites for hydroxylation is 2. The Morgan fingerprint density at radius 3 is 2.68 bits per heavy atom. The molecule has 1 heterocycles. The maximum atomic E-state index is 5.81. The molecular formula is C18H18N2O2. The van der Waals surface area contributed by atoms with Crippen LogP contribution in [0, 0.1) is 6.92 Å². The van der Waals surface area contributed by atoms with Crippen molar-refractivity contribution in [3.63, 3.8) is 0 Å². The van der Waals surface area contributed by atoms with Crippen molar-refractivity contribution in [2.24, 2.45) is 0 Å². The molecule has 4 nitrogen and oxygen atoms in total. The predicted molar refractivity (Wildman–Crippen MR) is 84.7 cm³/mol. The van der Waals surface area contributed by atoms with E-state index in [0.717, 1.165) is 24.2 Å². The van der Waals surface area contributed by atoms with Gasteiger partial charge in [0.25, 0.3) is 0 Å². The smallest absolute Gasteiger partial charge is 0.223 e. The second-order valence-electron chi connectivity index (χ2n) is 5.10. The van der Waals surface area contributed by atoms with E-state index in [9.17, 15) is 0 Å². The van der Waals surface area contributed by atoms with E-state index < -0.39 is 0 Å². The highest BCUT2D eigenvalue weighted by molar-refractivity contribution is 5.56. The first-order chi connectivity index (χ1) is 10.8. The Hall–Kier alpha value is -2.62. The minimum absolute atomic E-state index is 0.559. The largest absolute Gasteiger partial charge is 0.494 e. The van der Waals surface area contributed by atoms with E-state index in [0.29, 0.717) is 18.3 Å². The molecule has 4 heteroatoms. The maximum Gasteiger partial charge on any atom is 0.223 e. The van der Waals surface area contributed by atoms with Gasteiger partial charge in [-0.2, -0.15) is 4.98 Å². The van der Waals surface area contributed by atoms with Crippen LogP contribution in [-0.4, -0.2) is 16.7 Å².